The van der Waals surface area contributed by atoms with Gasteiger partial charge in [-0.05, 0) is 19.4 Å². The third-order valence-corrected chi connectivity index (χ3v) is 2.57. The Balaban J connectivity index is 0.000000423. The number of carbonyl (C=O) groups is 2. The summed E-state index contributed by atoms with van der Waals surface area (Å²) in [7, 11) is 1.34. The Hall–Kier alpha value is -2.40. The quantitative estimate of drug-likeness (QED) is 0.439. The van der Waals surface area contributed by atoms with Gasteiger partial charge in [-0.2, -0.15) is 0 Å². The van der Waals surface area contributed by atoms with E-state index in [0.29, 0.717) is 31.0 Å². The van der Waals surface area contributed by atoms with Crippen molar-refractivity contribution in [1.29, 1.82) is 0 Å². The Kier molecular flexibility index (Phi) is 10.9. The van der Waals surface area contributed by atoms with Crippen molar-refractivity contribution in [2.45, 2.75) is 13.8 Å². The summed E-state index contributed by atoms with van der Waals surface area (Å²) in [5.74, 6) is -0.745. The Morgan fingerprint density at radius 3 is 2.13 bits per heavy atom. The molecule has 1 aromatic carbocycles. The number of esters is 2. The normalized spacial score (nSPS) is 9.17. The largest absolute Gasteiger partial charge is 0.465 e. The molecule has 5 nitrogen and oxygen atoms in total. The number of carbonyl (C=O) groups excluding carboxylic acids is 2. The lowest BCUT2D eigenvalue weighted by Gasteiger charge is -2.03. The molecular weight excluding hydrogens is 296 g/mol. The molecule has 0 amide bonds. The first kappa shape index (κ1) is 20.6. The summed E-state index contributed by atoms with van der Waals surface area (Å²) in [5.41, 5.74) is 1.60. The van der Waals surface area contributed by atoms with Crippen molar-refractivity contribution in [3.8, 4) is 0 Å². The van der Waals surface area contributed by atoms with Gasteiger partial charge in [0.2, 0.25) is 0 Å². The molecule has 126 valence electrons. The van der Waals surface area contributed by atoms with Crippen LogP contribution in [0.1, 0.15) is 19.4 Å². The zero-order valence-electron chi connectivity index (χ0n) is 14.0. The van der Waals surface area contributed by atoms with Crippen molar-refractivity contribution in [3.63, 3.8) is 0 Å². The fourth-order valence-electron chi connectivity index (χ4n) is 1.34. The van der Waals surface area contributed by atoms with Crippen LogP contribution in [0.2, 0.25) is 0 Å². The van der Waals surface area contributed by atoms with E-state index in [0.717, 1.165) is 5.56 Å². The fourth-order valence-corrected chi connectivity index (χ4v) is 1.34. The van der Waals surface area contributed by atoms with Crippen LogP contribution < -0.4 is 0 Å². The molecule has 0 aliphatic carbocycles. The molecule has 0 radical (unpaired) electrons. The number of benzene rings is 1. The van der Waals surface area contributed by atoms with Gasteiger partial charge in [-0.15, -0.1) is 0 Å². The highest BCUT2D eigenvalue weighted by Gasteiger charge is 2.07. The van der Waals surface area contributed by atoms with E-state index in [2.05, 4.69) is 17.9 Å². The van der Waals surface area contributed by atoms with Crippen LogP contribution >= 0.6 is 0 Å². The van der Waals surface area contributed by atoms with Gasteiger partial charge in [0, 0.05) is 12.2 Å². The van der Waals surface area contributed by atoms with Gasteiger partial charge in [-0.3, -0.25) is 0 Å². The number of rotatable bonds is 7. The van der Waals surface area contributed by atoms with Gasteiger partial charge >= 0.3 is 11.9 Å². The first-order valence-corrected chi connectivity index (χ1v) is 7.17. The van der Waals surface area contributed by atoms with Crippen LogP contribution in [-0.4, -0.2) is 38.9 Å². The van der Waals surface area contributed by atoms with E-state index in [1.54, 1.807) is 6.92 Å². The highest BCUT2D eigenvalue weighted by atomic mass is 16.6. The average molecular weight is 320 g/mol. The summed E-state index contributed by atoms with van der Waals surface area (Å²) in [4.78, 5) is 21.7. The molecule has 0 unspecified atom stereocenters. The predicted octanol–water partition coefficient (Wildman–Crippen LogP) is 3.02. The van der Waals surface area contributed by atoms with Crippen LogP contribution in [0.15, 0.2) is 49.1 Å². The second-order valence-electron chi connectivity index (χ2n) is 4.45. The van der Waals surface area contributed by atoms with Crippen molar-refractivity contribution in [3.05, 3.63) is 54.6 Å². The molecule has 0 atom stereocenters. The van der Waals surface area contributed by atoms with E-state index < -0.39 is 0 Å². The van der Waals surface area contributed by atoms with Crippen LogP contribution in [-0.2, 0) is 23.8 Å². The van der Waals surface area contributed by atoms with Crippen molar-refractivity contribution >= 4 is 17.5 Å². The molecule has 0 bridgehead atoms. The van der Waals surface area contributed by atoms with E-state index >= 15 is 0 Å². The zero-order valence-corrected chi connectivity index (χ0v) is 14.0. The third kappa shape index (κ3) is 9.26. The first-order valence-electron chi connectivity index (χ1n) is 7.17. The lowest BCUT2D eigenvalue weighted by Crippen LogP contribution is -2.10. The van der Waals surface area contributed by atoms with Crippen LogP contribution in [0, 0.1) is 0 Å². The standard InChI is InChI=1S/C10H10O2.C8H14O3/c1-8(10(11)12-2)9-6-4-3-5-7-9;1-4-10-5-6-11-8(9)7(2)3/h3-7H,1H2,2H3;2,4-6H2,1,3H3. The van der Waals surface area contributed by atoms with Crippen LogP contribution in [0.3, 0.4) is 0 Å². The minimum atomic E-state index is -0.388. The van der Waals surface area contributed by atoms with Gasteiger partial charge < -0.3 is 14.2 Å². The highest BCUT2D eigenvalue weighted by molar-refractivity contribution is 6.15. The molecule has 0 N–H and O–H groups in total. The van der Waals surface area contributed by atoms with Gasteiger partial charge in [-0.1, -0.05) is 43.5 Å². The lowest BCUT2D eigenvalue weighted by atomic mass is 10.1. The number of hydrogen-bond acceptors (Lipinski definition) is 5. The average Bonchev–Trinajstić information content (AvgIpc) is 2.58. The molecule has 1 rings (SSSR count). The summed E-state index contributed by atoms with van der Waals surface area (Å²) in [6.07, 6.45) is 0. The molecule has 0 aromatic heterocycles. The molecule has 0 aliphatic rings. The van der Waals surface area contributed by atoms with Gasteiger partial charge in [0.1, 0.15) is 6.61 Å². The second-order valence-corrected chi connectivity index (χ2v) is 4.45. The molecule has 1 aromatic rings. The Morgan fingerprint density at radius 1 is 1.04 bits per heavy atom. The zero-order chi connectivity index (χ0) is 17.7. The summed E-state index contributed by atoms with van der Waals surface area (Å²) in [5, 5.41) is 0. The summed E-state index contributed by atoms with van der Waals surface area (Å²) < 4.78 is 14.2. The molecular formula is C18H24O5. The summed E-state index contributed by atoms with van der Waals surface area (Å²) >= 11 is 0. The Labute approximate surface area is 137 Å². The molecule has 0 saturated carbocycles. The van der Waals surface area contributed by atoms with Crippen LogP contribution in [0.5, 0.6) is 0 Å². The maximum Gasteiger partial charge on any atom is 0.337 e. The van der Waals surface area contributed by atoms with E-state index in [1.165, 1.54) is 7.11 Å². The molecule has 0 spiro atoms. The highest BCUT2D eigenvalue weighted by Crippen LogP contribution is 2.12. The maximum atomic E-state index is 11.0. The van der Waals surface area contributed by atoms with E-state index in [1.807, 2.05) is 37.3 Å². The molecule has 23 heavy (non-hydrogen) atoms. The van der Waals surface area contributed by atoms with Crippen molar-refractivity contribution < 1.29 is 23.8 Å². The third-order valence-electron chi connectivity index (χ3n) is 2.57. The van der Waals surface area contributed by atoms with Gasteiger partial charge in [-0.25, -0.2) is 9.59 Å². The maximum absolute atomic E-state index is 11.0. The van der Waals surface area contributed by atoms with Gasteiger partial charge in [0.05, 0.1) is 19.3 Å². The van der Waals surface area contributed by atoms with E-state index in [9.17, 15) is 9.59 Å². The molecule has 0 aliphatic heterocycles. The Morgan fingerprint density at radius 2 is 1.65 bits per heavy atom. The van der Waals surface area contributed by atoms with Gasteiger partial charge in [0.15, 0.2) is 0 Å². The van der Waals surface area contributed by atoms with Gasteiger partial charge in [0.25, 0.3) is 0 Å². The van der Waals surface area contributed by atoms with Crippen molar-refractivity contribution in [2.24, 2.45) is 0 Å². The molecule has 0 saturated heterocycles. The number of hydrogen-bond donors (Lipinski definition) is 0. The van der Waals surface area contributed by atoms with Crippen molar-refractivity contribution in [2.75, 3.05) is 26.9 Å². The first-order chi connectivity index (χ1) is 10.9. The monoisotopic (exact) mass is 320 g/mol. The number of ether oxygens (including phenoxy) is 3. The van der Waals surface area contributed by atoms with E-state index in [-0.39, 0.29) is 11.9 Å². The lowest BCUT2D eigenvalue weighted by molar-refractivity contribution is -0.140. The second kappa shape index (κ2) is 12.2. The SMILES string of the molecule is C=C(C(=O)OC)c1ccccc1.C=C(C)C(=O)OCCOCC. The smallest absolute Gasteiger partial charge is 0.337 e. The van der Waals surface area contributed by atoms with E-state index in [4.69, 9.17) is 9.47 Å². The van der Waals surface area contributed by atoms with Crippen LogP contribution in [0.25, 0.3) is 5.57 Å². The van der Waals surface area contributed by atoms with Crippen LogP contribution in [0.4, 0.5) is 0 Å². The summed E-state index contributed by atoms with van der Waals surface area (Å²) in [6, 6.07) is 9.22. The predicted molar refractivity (Wildman–Crippen MR) is 89.8 cm³/mol. The topological polar surface area (TPSA) is 61.8 Å². The number of methoxy groups -OCH3 is 1. The molecule has 0 heterocycles. The minimum absolute atomic E-state index is 0.305. The van der Waals surface area contributed by atoms with Crippen molar-refractivity contribution in [1.82, 2.24) is 0 Å². The minimum Gasteiger partial charge on any atom is -0.465 e. The molecule has 0 fully saturated rings. The summed E-state index contributed by atoms with van der Waals surface area (Å²) in [6.45, 7) is 12.0. The molecule has 5 heteroatoms. The fraction of sp³-hybridized carbons (Fsp3) is 0.333. The Bertz CT molecular complexity index is 519.